The van der Waals surface area contributed by atoms with E-state index in [-0.39, 0.29) is 28.8 Å². The second-order valence-electron chi connectivity index (χ2n) is 7.49. The third-order valence-electron chi connectivity index (χ3n) is 5.36. The lowest BCUT2D eigenvalue weighted by molar-refractivity contribution is 0.286. The van der Waals surface area contributed by atoms with E-state index in [0.717, 1.165) is 5.56 Å². The van der Waals surface area contributed by atoms with Crippen LogP contribution in [0.1, 0.15) is 37.1 Å². The molecule has 1 aliphatic heterocycles. The van der Waals surface area contributed by atoms with Crippen LogP contribution in [0.2, 0.25) is 0 Å². The number of halogens is 1. The summed E-state index contributed by atoms with van der Waals surface area (Å²) in [6.45, 7) is 4.87. The van der Waals surface area contributed by atoms with Crippen molar-refractivity contribution in [3.05, 3.63) is 59.7 Å². The predicted octanol–water partition coefficient (Wildman–Crippen LogP) is 4.15. The number of benzene rings is 2. The smallest absolute Gasteiger partial charge is 0.250 e. The van der Waals surface area contributed by atoms with Gasteiger partial charge in [-0.05, 0) is 62.6 Å². The average Bonchev–Trinajstić information content (AvgIpc) is 3.26. The second kappa shape index (κ2) is 8.76. The molecule has 1 saturated heterocycles. The molecule has 1 aromatic heterocycles. The van der Waals surface area contributed by atoms with E-state index in [0.29, 0.717) is 37.6 Å². The van der Waals surface area contributed by atoms with Crippen LogP contribution in [0.25, 0.3) is 11.5 Å². The molecule has 0 N–H and O–H groups in total. The molecular weight excluding hydrogens is 421 g/mol. The van der Waals surface area contributed by atoms with Crippen molar-refractivity contribution in [2.75, 3.05) is 19.7 Å². The lowest BCUT2D eigenvalue weighted by atomic mass is 10.00. The van der Waals surface area contributed by atoms with Gasteiger partial charge in [-0.25, -0.2) is 12.8 Å². The van der Waals surface area contributed by atoms with E-state index in [4.69, 9.17) is 9.15 Å². The van der Waals surface area contributed by atoms with Gasteiger partial charge in [-0.15, -0.1) is 10.2 Å². The molecule has 0 amide bonds. The van der Waals surface area contributed by atoms with Crippen LogP contribution >= 0.6 is 0 Å². The van der Waals surface area contributed by atoms with E-state index in [1.165, 1.54) is 10.4 Å². The Balaban J connectivity index is 1.55. The molecule has 31 heavy (non-hydrogen) atoms. The molecule has 0 bridgehead atoms. The molecule has 0 aliphatic carbocycles. The zero-order chi connectivity index (χ0) is 22.0. The maximum atomic E-state index is 14.0. The highest BCUT2D eigenvalue weighted by Crippen LogP contribution is 2.32. The Morgan fingerprint density at radius 3 is 2.77 bits per heavy atom. The summed E-state index contributed by atoms with van der Waals surface area (Å²) < 4.78 is 53.1. The van der Waals surface area contributed by atoms with Crippen molar-refractivity contribution in [2.24, 2.45) is 0 Å². The van der Waals surface area contributed by atoms with Crippen molar-refractivity contribution in [1.82, 2.24) is 14.5 Å². The largest absolute Gasteiger partial charge is 0.494 e. The second-order valence-corrected chi connectivity index (χ2v) is 9.43. The van der Waals surface area contributed by atoms with Crippen LogP contribution < -0.4 is 4.74 Å². The van der Waals surface area contributed by atoms with Gasteiger partial charge in [0.15, 0.2) is 0 Å². The van der Waals surface area contributed by atoms with Gasteiger partial charge in [-0.1, -0.05) is 12.1 Å². The molecule has 2 aromatic carbocycles. The standard InChI is InChI=1S/C22H24FN3O4S/c1-3-29-20-11-10-17(13-15(20)2)31(27,28)26-12-6-7-16(14-26)21-24-25-22(30-21)18-8-4-5-9-19(18)23/h4-5,8-11,13,16H,3,6-7,12,14H2,1-2H3. The fourth-order valence-corrected chi connectivity index (χ4v) is 5.36. The van der Waals surface area contributed by atoms with Crippen LogP contribution in [0.15, 0.2) is 51.8 Å². The van der Waals surface area contributed by atoms with Crippen molar-refractivity contribution in [2.45, 2.75) is 37.5 Å². The molecule has 164 valence electrons. The van der Waals surface area contributed by atoms with Crippen LogP contribution in [0.4, 0.5) is 4.39 Å². The molecule has 1 aliphatic rings. The summed E-state index contributed by atoms with van der Waals surface area (Å²) in [7, 11) is -3.68. The van der Waals surface area contributed by atoms with E-state index in [1.54, 1.807) is 36.4 Å². The molecule has 0 saturated carbocycles. The summed E-state index contributed by atoms with van der Waals surface area (Å²) in [4.78, 5) is 0.228. The first-order valence-electron chi connectivity index (χ1n) is 10.2. The third-order valence-corrected chi connectivity index (χ3v) is 7.22. The van der Waals surface area contributed by atoms with Crippen LogP contribution in [0.3, 0.4) is 0 Å². The highest BCUT2D eigenvalue weighted by Gasteiger charge is 2.33. The molecule has 1 fully saturated rings. The fourth-order valence-electron chi connectivity index (χ4n) is 3.75. The van der Waals surface area contributed by atoms with Crippen LogP contribution in [0.5, 0.6) is 5.75 Å². The van der Waals surface area contributed by atoms with Gasteiger partial charge in [0.1, 0.15) is 11.6 Å². The van der Waals surface area contributed by atoms with Gasteiger partial charge in [0.05, 0.1) is 23.0 Å². The van der Waals surface area contributed by atoms with Crippen molar-refractivity contribution in [1.29, 1.82) is 0 Å². The van der Waals surface area contributed by atoms with Gasteiger partial charge in [0.2, 0.25) is 15.9 Å². The van der Waals surface area contributed by atoms with Crippen LogP contribution in [-0.2, 0) is 10.0 Å². The molecule has 9 heteroatoms. The molecule has 3 aromatic rings. The van der Waals surface area contributed by atoms with Crippen molar-refractivity contribution < 1.29 is 22.0 Å². The van der Waals surface area contributed by atoms with Gasteiger partial charge in [-0.3, -0.25) is 0 Å². The van der Waals surface area contributed by atoms with Gasteiger partial charge >= 0.3 is 0 Å². The Bertz CT molecular complexity index is 1180. The number of hydrogen-bond acceptors (Lipinski definition) is 6. The van der Waals surface area contributed by atoms with E-state index in [1.807, 2.05) is 13.8 Å². The maximum Gasteiger partial charge on any atom is 0.250 e. The summed E-state index contributed by atoms with van der Waals surface area (Å²) >= 11 is 0. The maximum absolute atomic E-state index is 14.0. The number of hydrogen-bond donors (Lipinski definition) is 0. The Labute approximate surface area is 180 Å². The first-order valence-corrected chi connectivity index (χ1v) is 11.7. The van der Waals surface area contributed by atoms with Crippen molar-refractivity contribution in [3.63, 3.8) is 0 Å². The van der Waals surface area contributed by atoms with Crippen LogP contribution in [0, 0.1) is 12.7 Å². The lowest BCUT2D eigenvalue weighted by Crippen LogP contribution is -2.39. The highest BCUT2D eigenvalue weighted by atomic mass is 32.2. The molecule has 7 nitrogen and oxygen atoms in total. The van der Waals surface area contributed by atoms with E-state index in [2.05, 4.69) is 10.2 Å². The molecule has 0 radical (unpaired) electrons. The molecule has 0 spiro atoms. The summed E-state index contributed by atoms with van der Waals surface area (Å²) in [6.07, 6.45) is 1.38. The molecular formula is C22H24FN3O4S. The van der Waals surface area contributed by atoms with Gasteiger partial charge in [0, 0.05) is 13.1 Å². The summed E-state index contributed by atoms with van der Waals surface area (Å²) in [5.74, 6) is 0.387. The monoisotopic (exact) mass is 445 g/mol. The van der Waals surface area contributed by atoms with E-state index >= 15 is 0 Å². The average molecular weight is 446 g/mol. The molecule has 2 heterocycles. The minimum absolute atomic E-state index is 0.0928. The van der Waals surface area contributed by atoms with Gasteiger partial charge in [0.25, 0.3) is 5.89 Å². The Kier molecular flexibility index (Phi) is 6.06. The zero-order valence-corrected chi connectivity index (χ0v) is 18.2. The quantitative estimate of drug-likeness (QED) is 0.567. The SMILES string of the molecule is CCOc1ccc(S(=O)(=O)N2CCCC(c3nnc(-c4ccccc4F)o3)C2)cc1C. The van der Waals surface area contributed by atoms with Gasteiger partial charge < -0.3 is 9.15 Å². The zero-order valence-electron chi connectivity index (χ0n) is 17.4. The lowest BCUT2D eigenvalue weighted by Gasteiger charge is -2.30. The van der Waals surface area contributed by atoms with Crippen LogP contribution in [-0.4, -0.2) is 42.6 Å². The first-order chi connectivity index (χ1) is 14.9. The van der Waals surface area contributed by atoms with E-state index < -0.39 is 15.8 Å². The number of sulfonamides is 1. The Hall–Kier alpha value is -2.78. The predicted molar refractivity (Wildman–Crippen MR) is 113 cm³/mol. The minimum atomic E-state index is -3.68. The summed E-state index contributed by atoms with van der Waals surface area (Å²) in [6, 6.07) is 11.1. The molecule has 4 rings (SSSR count). The number of piperidine rings is 1. The first kappa shape index (κ1) is 21.5. The number of aryl methyl sites for hydroxylation is 1. The minimum Gasteiger partial charge on any atom is -0.494 e. The Morgan fingerprint density at radius 2 is 2.03 bits per heavy atom. The molecule has 1 unspecified atom stereocenters. The number of nitrogens with zero attached hydrogens (tertiary/aromatic N) is 3. The van der Waals surface area contributed by atoms with Crippen molar-refractivity contribution in [3.8, 4) is 17.2 Å². The summed E-state index contributed by atoms with van der Waals surface area (Å²) in [5.41, 5.74) is 0.995. The highest BCUT2D eigenvalue weighted by molar-refractivity contribution is 7.89. The van der Waals surface area contributed by atoms with E-state index in [9.17, 15) is 12.8 Å². The van der Waals surface area contributed by atoms with Gasteiger partial charge in [-0.2, -0.15) is 4.31 Å². The normalized spacial score (nSPS) is 17.6. The number of rotatable bonds is 6. The third kappa shape index (κ3) is 4.33. The number of ether oxygens (including phenoxy) is 1. The Morgan fingerprint density at radius 1 is 1.23 bits per heavy atom. The number of aromatic nitrogens is 2. The van der Waals surface area contributed by atoms with Crippen molar-refractivity contribution >= 4 is 10.0 Å². The topological polar surface area (TPSA) is 85.5 Å². The fraction of sp³-hybridized carbons (Fsp3) is 0.364. The molecule has 1 atom stereocenters. The summed E-state index contributed by atoms with van der Waals surface area (Å²) in [5, 5.41) is 8.04.